The first-order valence-corrected chi connectivity index (χ1v) is 11.4. The zero-order valence-corrected chi connectivity index (χ0v) is 17.6. The minimum absolute atomic E-state index is 0.0145. The van der Waals surface area contributed by atoms with Crippen LogP contribution in [0.25, 0.3) is 0 Å². The Kier molecular flexibility index (Phi) is 6.26. The number of hydrogen-bond acceptors (Lipinski definition) is 6. The minimum atomic E-state index is -3.74. The standard InChI is InChI=1S/C19H30N4O4S/c1-14-5-4-6-17(15(14)2)20-18-8-7-16(13-19(18)23(24)25)28(26,27)22-11-9-21(3)10-12-22/h7-8,13-15,17,20H,4-6,9-12H2,1-3H3/t14-,15-,17-/m1/s1. The molecular formula is C19H30N4O4S. The van der Waals surface area contributed by atoms with E-state index >= 15 is 0 Å². The molecule has 8 nitrogen and oxygen atoms in total. The first kappa shape index (κ1) is 21.0. The van der Waals surface area contributed by atoms with Gasteiger partial charge in [-0.15, -0.1) is 0 Å². The van der Waals surface area contributed by atoms with Gasteiger partial charge in [0.25, 0.3) is 5.69 Å². The lowest BCUT2D eigenvalue weighted by molar-refractivity contribution is -0.384. The Labute approximate surface area is 167 Å². The minimum Gasteiger partial charge on any atom is -0.376 e. The molecule has 1 saturated carbocycles. The molecule has 1 aromatic carbocycles. The van der Waals surface area contributed by atoms with E-state index < -0.39 is 14.9 Å². The smallest absolute Gasteiger partial charge is 0.293 e. The van der Waals surface area contributed by atoms with E-state index in [0.717, 1.165) is 12.8 Å². The molecule has 9 heteroatoms. The van der Waals surface area contributed by atoms with Crippen LogP contribution >= 0.6 is 0 Å². The maximum absolute atomic E-state index is 12.9. The van der Waals surface area contributed by atoms with Crippen LogP contribution in [0.1, 0.15) is 33.1 Å². The Morgan fingerprint density at radius 2 is 1.82 bits per heavy atom. The van der Waals surface area contributed by atoms with E-state index in [1.54, 1.807) is 6.07 Å². The molecule has 28 heavy (non-hydrogen) atoms. The average molecular weight is 411 g/mol. The summed E-state index contributed by atoms with van der Waals surface area (Å²) in [6.45, 7) is 6.46. The number of sulfonamides is 1. The number of piperazine rings is 1. The number of likely N-dealkylation sites (N-methyl/N-ethyl adjacent to an activating group) is 1. The van der Waals surface area contributed by atoms with E-state index in [4.69, 9.17) is 0 Å². The van der Waals surface area contributed by atoms with Gasteiger partial charge in [0.2, 0.25) is 10.0 Å². The summed E-state index contributed by atoms with van der Waals surface area (Å²) in [5.41, 5.74) is 0.217. The molecule has 0 radical (unpaired) electrons. The van der Waals surface area contributed by atoms with Crippen molar-refractivity contribution in [3.05, 3.63) is 28.3 Å². The number of anilines is 1. The number of hydrogen-bond donors (Lipinski definition) is 1. The summed E-state index contributed by atoms with van der Waals surface area (Å²) in [7, 11) is -1.79. The summed E-state index contributed by atoms with van der Waals surface area (Å²) in [6.07, 6.45) is 3.22. The molecular weight excluding hydrogens is 380 g/mol. The van der Waals surface area contributed by atoms with Crippen LogP contribution < -0.4 is 5.32 Å². The van der Waals surface area contributed by atoms with Crippen molar-refractivity contribution in [2.24, 2.45) is 11.8 Å². The zero-order valence-electron chi connectivity index (χ0n) is 16.8. The van der Waals surface area contributed by atoms with Gasteiger partial charge in [-0.3, -0.25) is 10.1 Å². The van der Waals surface area contributed by atoms with Gasteiger partial charge >= 0.3 is 0 Å². The van der Waals surface area contributed by atoms with Gasteiger partial charge in [0.1, 0.15) is 5.69 Å². The van der Waals surface area contributed by atoms with E-state index in [9.17, 15) is 18.5 Å². The van der Waals surface area contributed by atoms with Gasteiger partial charge in [0.15, 0.2) is 0 Å². The molecule has 0 unspecified atom stereocenters. The quantitative estimate of drug-likeness (QED) is 0.592. The maximum atomic E-state index is 12.9. The lowest BCUT2D eigenvalue weighted by atomic mass is 9.78. The molecule has 2 aliphatic rings. The first-order chi connectivity index (χ1) is 13.2. The van der Waals surface area contributed by atoms with Crippen LogP contribution in [0, 0.1) is 22.0 Å². The highest BCUT2D eigenvalue weighted by Crippen LogP contribution is 2.35. The molecule has 1 heterocycles. The van der Waals surface area contributed by atoms with Crippen molar-refractivity contribution in [2.75, 3.05) is 38.5 Å². The Bertz CT molecular complexity index is 821. The van der Waals surface area contributed by atoms with E-state index in [1.165, 1.54) is 22.9 Å². The molecule has 1 N–H and O–H groups in total. The average Bonchev–Trinajstić information content (AvgIpc) is 2.66. The largest absolute Gasteiger partial charge is 0.376 e. The number of benzene rings is 1. The predicted molar refractivity (Wildman–Crippen MR) is 109 cm³/mol. The molecule has 1 saturated heterocycles. The van der Waals surface area contributed by atoms with Gasteiger partial charge in [-0.25, -0.2) is 8.42 Å². The summed E-state index contributed by atoms with van der Waals surface area (Å²) >= 11 is 0. The van der Waals surface area contributed by atoms with Crippen molar-refractivity contribution < 1.29 is 13.3 Å². The lowest BCUT2D eigenvalue weighted by Crippen LogP contribution is -2.47. The molecule has 3 rings (SSSR count). The summed E-state index contributed by atoms with van der Waals surface area (Å²) in [6, 6.07) is 4.39. The van der Waals surface area contributed by atoms with E-state index in [1.807, 2.05) is 7.05 Å². The van der Waals surface area contributed by atoms with Gasteiger partial charge in [-0.05, 0) is 37.4 Å². The van der Waals surface area contributed by atoms with Gasteiger partial charge in [0.05, 0.1) is 9.82 Å². The van der Waals surface area contributed by atoms with Crippen molar-refractivity contribution in [1.82, 2.24) is 9.21 Å². The molecule has 1 aromatic rings. The number of rotatable bonds is 5. The normalized spacial score (nSPS) is 27.5. The second-order valence-electron chi connectivity index (χ2n) is 8.16. The van der Waals surface area contributed by atoms with Crippen LogP contribution in [0.15, 0.2) is 23.1 Å². The Balaban J connectivity index is 1.86. The van der Waals surface area contributed by atoms with Crippen molar-refractivity contribution in [1.29, 1.82) is 0 Å². The summed E-state index contributed by atoms with van der Waals surface area (Å²) < 4.78 is 27.3. The topological polar surface area (TPSA) is 95.8 Å². The fraction of sp³-hybridized carbons (Fsp3) is 0.684. The van der Waals surface area contributed by atoms with Crippen LogP contribution in [-0.2, 0) is 10.0 Å². The molecule has 1 aliphatic heterocycles. The van der Waals surface area contributed by atoms with Crippen molar-refractivity contribution in [2.45, 2.75) is 44.0 Å². The predicted octanol–water partition coefficient (Wildman–Crippen LogP) is 2.77. The highest BCUT2D eigenvalue weighted by atomic mass is 32.2. The first-order valence-electron chi connectivity index (χ1n) is 9.94. The third kappa shape index (κ3) is 4.31. The molecule has 1 aliphatic carbocycles. The fourth-order valence-electron chi connectivity index (χ4n) is 4.11. The van der Waals surface area contributed by atoms with Gasteiger partial charge in [-0.1, -0.05) is 26.7 Å². The number of nitro groups is 1. The number of nitrogens with zero attached hydrogens (tertiary/aromatic N) is 3. The molecule has 3 atom stereocenters. The number of nitrogens with one attached hydrogen (secondary N) is 1. The number of nitro benzene ring substituents is 1. The Morgan fingerprint density at radius 1 is 1.14 bits per heavy atom. The van der Waals surface area contributed by atoms with E-state index in [0.29, 0.717) is 43.7 Å². The van der Waals surface area contributed by atoms with Crippen LogP contribution in [0.3, 0.4) is 0 Å². The highest BCUT2D eigenvalue weighted by Gasteiger charge is 2.32. The Hall–Kier alpha value is -1.71. The van der Waals surface area contributed by atoms with Crippen molar-refractivity contribution >= 4 is 21.4 Å². The Morgan fingerprint density at radius 3 is 2.46 bits per heavy atom. The summed E-state index contributed by atoms with van der Waals surface area (Å²) in [4.78, 5) is 13.2. The van der Waals surface area contributed by atoms with Crippen LogP contribution in [-0.4, -0.2) is 61.8 Å². The molecule has 0 spiro atoms. The molecule has 0 amide bonds. The SMILES string of the molecule is C[C@@H]1[C@H](C)CCC[C@H]1Nc1ccc(S(=O)(=O)N2CCN(C)CC2)cc1[N+](=O)[O-]. The van der Waals surface area contributed by atoms with E-state index in [-0.39, 0.29) is 16.6 Å². The molecule has 156 valence electrons. The van der Waals surface area contributed by atoms with Crippen LogP contribution in [0.5, 0.6) is 0 Å². The highest BCUT2D eigenvalue weighted by molar-refractivity contribution is 7.89. The van der Waals surface area contributed by atoms with E-state index in [2.05, 4.69) is 24.1 Å². The second-order valence-corrected chi connectivity index (χ2v) is 10.1. The lowest BCUT2D eigenvalue weighted by Gasteiger charge is -2.35. The second kappa shape index (κ2) is 8.34. The maximum Gasteiger partial charge on any atom is 0.293 e. The zero-order chi connectivity index (χ0) is 20.5. The fourth-order valence-corrected chi connectivity index (χ4v) is 5.55. The van der Waals surface area contributed by atoms with Crippen molar-refractivity contribution in [3.63, 3.8) is 0 Å². The summed E-state index contributed by atoms with van der Waals surface area (Å²) in [5, 5.41) is 15.0. The van der Waals surface area contributed by atoms with Crippen LogP contribution in [0.4, 0.5) is 11.4 Å². The van der Waals surface area contributed by atoms with Crippen LogP contribution in [0.2, 0.25) is 0 Å². The van der Waals surface area contributed by atoms with Gasteiger partial charge < -0.3 is 10.2 Å². The van der Waals surface area contributed by atoms with Gasteiger partial charge in [0, 0.05) is 38.3 Å². The monoisotopic (exact) mass is 410 g/mol. The molecule has 0 aromatic heterocycles. The summed E-state index contributed by atoms with van der Waals surface area (Å²) in [5.74, 6) is 0.962. The van der Waals surface area contributed by atoms with Crippen molar-refractivity contribution in [3.8, 4) is 0 Å². The molecule has 2 fully saturated rings. The third-order valence-corrected chi connectivity index (χ3v) is 8.21. The third-order valence-electron chi connectivity index (χ3n) is 6.31. The molecule has 0 bridgehead atoms. The van der Waals surface area contributed by atoms with Gasteiger partial charge in [-0.2, -0.15) is 4.31 Å².